The number of amides is 1. The summed E-state index contributed by atoms with van der Waals surface area (Å²) in [6.07, 6.45) is 2.96. The maximum absolute atomic E-state index is 13.1. The number of hydrogen-bond donors (Lipinski definition) is 1. The Morgan fingerprint density at radius 3 is 2.80 bits per heavy atom. The molecule has 25 heavy (non-hydrogen) atoms. The first kappa shape index (κ1) is 16.3. The fourth-order valence-corrected chi connectivity index (χ4v) is 4.12. The molecule has 1 aromatic carbocycles. The maximum atomic E-state index is 13.1. The van der Waals surface area contributed by atoms with Gasteiger partial charge in [0.1, 0.15) is 0 Å². The summed E-state index contributed by atoms with van der Waals surface area (Å²) in [6.45, 7) is 6.79. The van der Waals surface area contributed by atoms with Crippen molar-refractivity contribution in [3.05, 3.63) is 46.8 Å². The first-order valence-electron chi connectivity index (χ1n) is 9.18. The van der Waals surface area contributed by atoms with Gasteiger partial charge in [0.2, 0.25) is 0 Å². The van der Waals surface area contributed by atoms with Gasteiger partial charge in [-0.25, -0.2) is 4.68 Å². The number of nitrogens with zero attached hydrogens (tertiary/aromatic N) is 4. The third kappa shape index (κ3) is 2.84. The van der Waals surface area contributed by atoms with Crippen molar-refractivity contribution in [1.82, 2.24) is 25.2 Å². The van der Waals surface area contributed by atoms with Crippen LogP contribution >= 0.6 is 0 Å². The topological polar surface area (TPSA) is 63.1 Å². The normalized spacial score (nSPS) is 21.2. The highest BCUT2D eigenvalue weighted by atomic mass is 16.2. The molecule has 1 aromatic heterocycles. The van der Waals surface area contributed by atoms with E-state index in [1.807, 2.05) is 22.6 Å². The highest BCUT2D eigenvalue weighted by Crippen LogP contribution is 2.31. The van der Waals surface area contributed by atoms with Crippen LogP contribution in [-0.2, 0) is 6.42 Å². The average molecular weight is 339 g/mol. The van der Waals surface area contributed by atoms with Crippen LogP contribution < -0.4 is 5.32 Å². The molecular weight excluding hydrogens is 314 g/mol. The van der Waals surface area contributed by atoms with Crippen molar-refractivity contribution in [2.24, 2.45) is 0 Å². The van der Waals surface area contributed by atoms with E-state index in [0.29, 0.717) is 11.7 Å². The average Bonchev–Trinajstić information content (AvgIpc) is 3.04. The van der Waals surface area contributed by atoms with Gasteiger partial charge >= 0.3 is 0 Å². The summed E-state index contributed by atoms with van der Waals surface area (Å²) < 4.78 is 1.95. The van der Waals surface area contributed by atoms with E-state index in [0.717, 1.165) is 44.6 Å². The molecule has 132 valence electrons. The minimum Gasteiger partial charge on any atom is -0.330 e. The maximum Gasteiger partial charge on any atom is 0.276 e. The van der Waals surface area contributed by atoms with Gasteiger partial charge in [-0.3, -0.25) is 4.79 Å². The number of benzene rings is 1. The molecule has 1 N–H and O–H groups in total. The van der Waals surface area contributed by atoms with Gasteiger partial charge in [-0.1, -0.05) is 29.5 Å². The Hall–Kier alpha value is -2.21. The van der Waals surface area contributed by atoms with Crippen LogP contribution in [0, 0.1) is 6.92 Å². The summed E-state index contributed by atoms with van der Waals surface area (Å²) in [4.78, 5) is 15.1. The lowest BCUT2D eigenvalue weighted by atomic mass is 9.93. The van der Waals surface area contributed by atoms with Crippen molar-refractivity contribution in [1.29, 1.82) is 0 Å². The van der Waals surface area contributed by atoms with Crippen molar-refractivity contribution < 1.29 is 4.79 Å². The second kappa shape index (κ2) is 6.59. The molecule has 2 aromatic rings. The molecule has 1 atom stereocenters. The van der Waals surface area contributed by atoms with E-state index >= 15 is 0 Å². The van der Waals surface area contributed by atoms with Crippen LogP contribution in [0.5, 0.6) is 0 Å². The molecule has 3 heterocycles. The largest absolute Gasteiger partial charge is 0.330 e. The Kier molecular flexibility index (Phi) is 4.29. The molecule has 1 saturated heterocycles. The van der Waals surface area contributed by atoms with E-state index in [1.54, 1.807) is 0 Å². The SMILES string of the molecule is Cc1c(C(=O)N2CCc3ccccc3[C@@H]2C)nnn1C1CCNCC1. The van der Waals surface area contributed by atoms with Crippen LogP contribution in [0.4, 0.5) is 0 Å². The number of carbonyl (C=O) groups is 1. The summed E-state index contributed by atoms with van der Waals surface area (Å²) in [5, 5.41) is 11.9. The summed E-state index contributed by atoms with van der Waals surface area (Å²) in [7, 11) is 0. The molecule has 0 aliphatic carbocycles. The lowest BCUT2D eigenvalue weighted by Gasteiger charge is -2.35. The van der Waals surface area contributed by atoms with Gasteiger partial charge < -0.3 is 10.2 Å². The first-order valence-corrected chi connectivity index (χ1v) is 9.18. The van der Waals surface area contributed by atoms with Gasteiger partial charge in [0, 0.05) is 6.54 Å². The van der Waals surface area contributed by atoms with Crippen molar-refractivity contribution >= 4 is 5.91 Å². The van der Waals surface area contributed by atoms with E-state index in [9.17, 15) is 4.79 Å². The van der Waals surface area contributed by atoms with Crippen LogP contribution in [-0.4, -0.2) is 45.4 Å². The molecule has 2 aliphatic heterocycles. The molecule has 2 aliphatic rings. The lowest BCUT2D eigenvalue weighted by Crippen LogP contribution is -2.39. The zero-order valence-electron chi connectivity index (χ0n) is 14.9. The van der Waals surface area contributed by atoms with E-state index in [-0.39, 0.29) is 11.9 Å². The van der Waals surface area contributed by atoms with E-state index in [2.05, 4.69) is 40.8 Å². The molecule has 0 saturated carbocycles. The molecule has 6 heteroatoms. The molecule has 1 amide bonds. The number of carbonyl (C=O) groups excluding carboxylic acids is 1. The van der Waals surface area contributed by atoms with Gasteiger partial charge in [-0.15, -0.1) is 5.10 Å². The van der Waals surface area contributed by atoms with Gasteiger partial charge in [-0.2, -0.15) is 0 Å². The highest BCUT2D eigenvalue weighted by Gasteiger charge is 2.31. The fraction of sp³-hybridized carbons (Fsp3) is 0.526. The molecule has 0 spiro atoms. The molecule has 0 unspecified atom stereocenters. The summed E-state index contributed by atoms with van der Waals surface area (Å²) >= 11 is 0. The van der Waals surface area contributed by atoms with Gasteiger partial charge in [0.15, 0.2) is 5.69 Å². The minimum atomic E-state index is -0.000289. The molecule has 0 bridgehead atoms. The Morgan fingerprint density at radius 2 is 2.00 bits per heavy atom. The lowest BCUT2D eigenvalue weighted by molar-refractivity contribution is 0.0670. The fourth-order valence-electron chi connectivity index (χ4n) is 4.12. The quantitative estimate of drug-likeness (QED) is 0.912. The van der Waals surface area contributed by atoms with Gasteiger partial charge in [0.05, 0.1) is 17.8 Å². The summed E-state index contributed by atoms with van der Waals surface area (Å²) in [6, 6.07) is 8.81. The number of hydrogen-bond acceptors (Lipinski definition) is 4. The Morgan fingerprint density at radius 1 is 1.24 bits per heavy atom. The highest BCUT2D eigenvalue weighted by molar-refractivity contribution is 5.93. The van der Waals surface area contributed by atoms with Crippen molar-refractivity contribution in [3.8, 4) is 0 Å². The Balaban J connectivity index is 1.58. The Bertz CT molecular complexity index is 778. The minimum absolute atomic E-state index is 0.000289. The monoisotopic (exact) mass is 339 g/mol. The second-order valence-corrected chi connectivity index (χ2v) is 7.07. The standard InChI is InChI=1S/C19H25N5O/c1-13-17-6-4-3-5-15(17)9-12-23(13)19(25)18-14(2)24(22-21-18)16-7-10-20-11-8-16/h3-6,13,16,20H,7-12H2,1-2H3/t13-/m0/s1. The number of aromatic nitrogens is 3. The van der Waals surface area contributed by atoms with Crippen LogP contribution in [0.1, 0.15) is 59.2 Å². The number of nitrogens with one attached hydrogen (secondary N) is 1. The van der Waals surface area contributed by atoms with Crippen LogP contribution in [0.25, 0.3) is 0 Å². The zero-order chi connectivity index (χ0) is 17.4. The molecular formula is C19H25N5O. The summed E-state index contributed by atoms with van der Waals surface area (Å²) in [5.41, 5.74) is 3.98. The van der Waals surface area contributed by atoms with Crippen LogP contribution in [0.2, 0.25) is 0 Å². The van der Waals surface area contributed by atoms with Crippen LogP contribution in [0.3, 0.4) is 0 Å². The van der Waals surface area contributed by atoms with Crippen LogP contribution in [0.15, 0.2) is 24.3 Å². The predicted molar refractivity (Wildman–Crippen MR) is 95.5 cm³/mol. The Labute approximate surface area is 148 Å². The molecule has 4 rings (SSSR count). The smallest absolute Gasteiger partial charge is 0.276 e. The molecule has 1 fully saturated rings. The van der Waals surface area contributed by atoms with E-state index < -0.39 is 0 Å². The van der Waals surface area contributed by atoms with Crippen molar-refractivity contribution in [3.63, 3.8) is 0 Å². The predicted octanol–water partition coefficient (Wildman–Crippen LogP) is 2.27. The number of piperidine rings is 1. The van der Waals surface area contributed by atoms with Crippen molar-refractivity contribution in [2.75, 3.05) is 19.6 Å². The van der Waals surface area contributed by atoms with Gasteiger partial charge in [-0.05, 0) is 57.3 Å². The molecule has 6 nitrogen and oxygen atoms in total. The van der Waals surface area contributed by atoms with E-state index in [1.165, 1.54) is 11.1 Å². The molecule has 0 radical (unpaired) electrons. The summed E-state index contributed by atoms with van der Waals surface area (Å²) in [5.74, 6) is -0.000289. The van der Waals surface area contributed by atoms with Crippen molar-refractivity contribution in [2.45, 2.75) is 45.2 Å². The second-order valence-electron chi connectivity index (χ2n) is 7.07. The number of rotatable bonds is 2. The zero-order valence-corrected chi connectivity index (χ0v) is 14.9. The number of fused-ring (bicyclic) bond motifs is 1. The first-order chi connectivity index (χ1) is 12.2. The van der Waals surface area contributed by atoms with Gasteiger partial charge in [0.25, 0.3) is 5.91 Å². The third-order valence-corrected chi connectivity index (χ3v) is 5.64. The third-order valence-electron chi connectivity index (χ3n) is 5.64. The van der Waals surface area contributed by atoms with E-state index in [4.69, 9.17) is 0 Å².